The molecule has 1 aliphatic carbocycles. The molecule has 3 aliphatic rings. The lowest BCUT2D eigenvalue weighted by Gasteiger charge is -2.35. The van der Waals surface area contributed by atoms with Crippen molar-refractivity contribution in [2.75, 3.05) is 44.7 Å². The molecule has 62 heavy (non-hydrogen) atoms. The van der Waals surface area contributed by atoms with Gasteiger partial charge in [0.05, 0.1) is 0 Å². The Morgan fingerprint density at radius 2 is 1.40 bits per heavy atom. The smallest absolute Gasteiger partial charge is 0.410 e. The fraction of sp³-hybridized carbons (Fsp3) is 0.500. The summed E-state index contributed by atoms with van der Waals surface area (Å²) in [5.74, 6) is -0.168. The molecule has 3 aromatic rings. The summed E-state index contributed by atoms with van der Waals surface area (Å²) in [7, 11) is 0. The van der Waals surface area contributed by atoms with E-state index in [1.165, 1.54) is 0 Å². The molecule has 0 radical (unpaired) electrons. The Kier molecular flexibility index (Phi) is 14.6. The molecule has 2 aliphatic heterocycles. The van der Waals surface area contributed by atoms with Crippen LogP contribution in [-0.2, 0) is 25.5 Å². The number of aryl methyl sites for hydroxylation is 1. The SMILES string of the molecule is Cc1cc(C(=O)N2CCN(C(=O)OC(C)(C)C)CC2)ccc1-c1ccc(C[C@H](CC(=O)C2CCC(CNC(=O)OC(C)(C)C)CC2)C(=O)Nc2ccc(C3=NCN=N3)cc2)cc1. The summed E-state index contributed by atoms with van der Waals surface area (Å²) >= 11 is 0. The Hall–Kier alpha value is -5.92. The van der Waals surface area contributed by atoms with E-state index in [1.54, 1.807) is 21.9 Å². The number of amidine groups is 1. The molecule has 4 amide bonds. The number of hydrogen-bond acceptors (Lipinski definition) is 10. The lowest BCUT2D eigenvalue weighted by molar-refractivity contribution is -0.129. The van der Waals surface area contributed by atoms with Crippen LogP contribution in [0.4, 0.5) is 15.3 Å². The lowest BCUT2D eigenvalue weighted by atomic mass is 9.77. The van der Waals surface area contributed by atoms with Gasteiger partial charge in [0.25, 0.3) is 5.91 Å². The van der Waals surface area contributed by atoms with Crippen LogP contribution in [0.15, 0.2) is 82.0 Å². The van der Waals surface area contributed by atoms with E-state index in [0.29, 0.717) is 75.7 Å². The molecule has 2 N–H and O–H groups in total. The van der Waals surface area contributed by atoms with E-state index in [9.17, 15) is 24.0 Å². The van der Waals surface area contributed by atoms with Gasteiger partial charge in [-0.1, -0.05) is 30.3 Å². The summed E-state index contributed by atoms with van der Waals surface area (Å²) in [6.07, 6.45) is 2.71. The zero-order chi connectivity index (χ0) is 44.6. The second-order valence-corrected chi connectivity index (χ2v) is 18.6. The molecule has 1 saturated carbocycles. The Morgan fingerprint density at radius 1 is 0.774 bits per heavy atom. The molecular formula is C48H61N7O7. The first-order chi connectivity index (χ1) is 29.4. The maximum Gasteiger partial charge on any atom is 0.410 e. The number of amides is 4. The summed E-state index contributed by atoms with van der Waals surface area (Å²) in [6, 6.07) is 21.0. The fourth-order valence-electron chi connectivity index (χ4n) is 8.05. The Balaban J connectivity index is 1.08. The maximum absolute atomic E-state index is 14.0. The number of ketones is 1. The average molecular weight is 848 g/mol. The minimum atomic E-state index is -0.606. The number of Topliss-reactive ketones (excluding diaryl/α,β-unsaturated/α-hetero) is 1. The number of alkyl carbamates (subject to hydrolysis) is 1. The van der Waals surface area contributed by atoms with Gasteiger partial charge < -0.3 is 29.9 Å². The lowest BCUT2D eigenvalue weighted by Crippen LogP contribution is -2.51. The van der Waals surface area contributed by atoms with Crippen LogP contribution in [0.5, 0.6) is 0 Å². The van der Waals surface area contributed by atoms with Crippen molar-refractivity contribution in [1.29, 1.82) is 0 Å². The zero-order valence-electron chi connectivity index (χ0n) is 37.2. The number of carbonyl (C=O) groups is 5. The summed E-state index contributed by atoms with van der Waals surface area (Å²) in [5.41, 5.74) is 4.68. The van der Waals surface area contributed by atoms with Crippen molar-refractivity contribution in [3.63, 3.8) is 0 Å². The molecule has 2 heterocycles. The van der Waals surface area contributed by atoms with E-state index in [1.807, 2.05) is 103 Å². The number of ether oxygens (including phenoxy) is 2. The highest BCUT2D eigenvalue weighted by molar-refractivity contribution is 6.01. The van der Waals surface area contributed by atoms with Crippen LogP contribution in [0, 0.1) is 24.7 Å². The van der Waals surface area contributed by atoms with E-state index < -0.39 is 23.2 Å². The number of aliphatic imine (C=N–C) groups is 1. The number of nitrogens with zero attached hydrogens (tertiary/aromatic N) is 5. The van der Waals surface area contributed by atoms with E-state index >= 15 is 0 Å². The molecule has 6 rings (SSSR count). The first-order valence-electron chi connectivity index (χ1n) is 21.7. The van der Waals surface area contributed by atoms with Gasteiger partial charge in [-0.15, -0.1) is 5.11 Å². The van der Waals surface area contributed by atoms with Gasteiger partial charge in [-0.2, -0.15) is 5.11 Å². The topological polar surface area (TPSA) is 171 Å². The Labute approximate surface area is 364 Å². The summed E-state index contributed by atoms with van der Waals surface area (Å²) in [6.45, 7) is 15.5. The normalized spacial score (nSPS) is 18.4. The molecule has 330 valence electrons. The third kappa shape index (κ3) is 12.8. The minimum Gasteiger partial charge on any atom is -0.444 e. The zero-order valence-corrected chi connectivity index (χ0v) is 37.2. The van der Waals surface area contributed by atoms with Crippen molar-refractivity contribution in [1.82, 2.24) is 15.1 Å². The van der Waals surface area contributed by atoms with Gasteiger partial charge in [-0.05, 0) is 145 Å². The summed E-state index contributed by atoms with van der Waals surface area (Å²) in [4.78, 5) is 73.7. The Morgan fingerprint density at radius 3 is 2.00 bits per heavy atom. The van der Waals surface area contributed by atoms with Crippen LogP contribution in [-0.4, -0.2) is 96.0 Å². The number of anilines is 1. The number of rotatable bonds is 12. The van der Waals surface area contributed by atoms with Crippen LogP contribution >= 0.6 is 0 Å². The van der Waals surface area contributed by atoms with Gasteiger partial charge in [0.2, 0.25) is 5.91 Å². The minimum absolute atomic E-state index is 0.0772. The van der Waals surface area contributed by atoms with Crippen LogP contribution in [0.1, 0.15) is 101 Å². The van der Waals surface area contributed by atoms with Gasteiger partial charge in [0.1, 0.15) is 17.0 Å². The molecule has 2 fully saturated rings. The van der Waals surface area contributed by atoms with E-state index in [-0.39, 0.29) is 41.9 Å². The van der Waals surface area contributed by atoms with Crippen molar-refractivity contribution >= 4 is 41.3 Å². The van der Waals surface area contributed by atoms with E-state index in [0.717, 1.165) is 40.7 Å². The second-order valence-electron chi connectivity index (χ2n) is 18.6. The van der Waals surface area contributed by atoms with Crippen LogP contribution in [0.2, 0.25) is 0 Å². The maximum atomic E-state index is 14.0. The summed E-state index contributed by atoms with van der Waals surface area (Å²) < 4.78 is 10.9. The van der Waals surface area contributed by atoms with Crippen molar-refractivity contribution in [3.05, 3.63) is 89.0 Å². The monoisotopic (exact) mass is 847 g/mol. The molecule has 1 saturated heterocycles. The van der Waals surface area contributed by atoms with Crippen molar-refractivity contribution in [3.8, 4) is 11.1 Å². The Bertz CT molecular complexity index is 2150. The van der Waals surface area contributed by atoms with Gasteiger partial charge in [0, 0.05) is 67.8 Å². The first-order valence-corrected chi connectivity index (χ1v) is 21.7. The van der Waals surface area contributed by atoms with Crippen LogP contribution in [0.3, 0.4) is 0 Å². The van der Waals surface area contributed by atoms with Crippen molar-refractivity contribution < 1.29 is 33.4 Å². The number of carbonyl (C=O) groups excluding carboxylic acids is 5. The standard InChI is InChI=1S/C48H61N7O7/c1-31-26-37(44(58)54-22-24-55(25-23-54)46(60)62-48(5,6)7)18-21-40(31)34-12-8-32(9-13-34)27-38(43(57)52-39-19-16-36(17-20-39)42-50-30-51-53-42)28-41(56)35-14-10-33(11-15-35)29-49-45(59)61-47(2,3)4/h8-9,12-13,16-21,26,33,35,38H,10-11,14-15,22-25,27-30H2,1-7H3,(H,49,59)(H,52,57)/t33?,35?,38-/m1/s1. The summed E-state index contributed by atoms with van der Waals surface area (Å²) in [5, 5.41) is 13.9. The predicted molar refractivity (Wildman–Crippen MR) is 238 cm³/mol. The molecule has 1 atom stereocenters. The first kappa shape index (κ1) is 45.6. The van der Waals surface area contributed by atoms with E-state index in [2.05, 4.69) is 25.9 Å². The van der Waals surface area contributed by atoms with E-state index in [4.69, 9.17) is 9.47 Å². The highest BCUT2D eigenvalue weighted by Crippen LogP contribution is 2.32. The van der Waals surface area contributed by atoms with Gasteiger partial charge in [0.15, 0.2) is 12.5 Å². The fourth-order valence-corrected chi connectivity index (χ4v) is 8.05. The average Bonchev–Trinajstić information content (AvgIpc) is 3.77. The second kappa shape index (κ2) is 19.9. The van der Waals surface area contributed by atoms with Crippen LogP contribution < -0.4 is 10.6 Å². The van der Waals surface area contributed by atoms with Crippen molar-refractivity contribution in [2.24, 2.45) is 33.0 Å². The number of azo groups is 1. The van der Waals surface area contributed by atoms with Gasteiger partial charge in [-0.3, -0.25) is 14.4 Å². The molecule has 14 heteroatoms. The predicted octanol–water partition coefficient (Wildman–Crippen LogP) is 8.61. The quantitative estimate of drug-likeness (QED) is 0.184. The highest BCUT2D eigenvalue weighted by Gasteiger charge is 2.32. The molecular weight excluding hydrogens is 787 g/mol. The number of piperazine rings is 1. The number of nitrogens with one attached hydrogen (secondary N) is 2. The molecule has 0 spiro atoms. The number of hydrogen-bond donors (Lipinski definition) is 2. The largest absolute Gasteiger partial charge is 0.444 e. The number of benzene rings is 3. The molecule has 14 nitrogen and oxygen atoms in total. The molecule has 0 aromatic heterocycles. The van der Waals surface area contributed by atoms with Gasteiger partial charge >= 0.3 is 12.2 Å². The molecule has 0 unspecified atom stereocenters. The van der Waals surface area contributed by atoms with Gasteiger partial charge in [-0.25, -0.2) is 14.6 Å². The third-order valence-electron chi connectivity index (χ3n) is 11.4. The van der Waals surface area contributed by atoms with Crippen LogP contribution in [0.25, 0.3) is 11.1 Å². The molecule has 0 bridgehead atoms. The highest BCUT2D eigenvalue weighted by atomic mass is 16.6. The molecule has 3 aromatic carbocycles. The van der Waals surface area contributed by atoms with Crippen molar-refractivity contribution in [2.45, 2.75) is 98.2 Å². The third-order valence-corrected chi connectivity index (χ3v) is 11.4.